The number of hydrogen-bond acceptors (Lipinski definition) is 2. The molecule has 1 aromatic rings. The minimum atomic E-state index is -0.854. The molecule has 102 valence electrons. The van der Waals surface area contributed by atoms with Crippen molar-refractivity contribution in [2.24, 2.45) is 11.8 Å². The van der Waals surface area contributed by atoms with Gasteiger partial charge in [0.1, 0.15) is 0 Å². The summed E-state index contributed by atoms with van der Waals surface area (Å²) in [4.78, 5) is 23.1. The maximum absolute atomic E-state index is 12.0. The number of rotatable bonds is 4. The summed E-state index contributed by atoms with van der Waals surface area (Å²) in [5.74, 6) is -1.88. The highest BCUT2D eigenvalue weighted by Gasteiger charge is 2.37. The van der Waals surface area contributed by atoms with Crippen molar-refractivity contribution in [2.45, 2.75) is 32.7 Å². The van der Waals surface area contributed by atoms with Crippen LogP contribution < -0.4 is 5.32 Å². The SMILES string of the molecule is Cc1cccc(CNC(=O)[C@@H]2CCC[C@@H]2C(=O)O)c1. The zero-order valence-electron chi connectivity index (χ0n) is 11.1. The molecule has 0 aliphatic heterocycles. The molecule has 0 heterocycles. The lowest BCUT2D eigenvalue weighted by molar-refractivity contribution is -0.146. The molecule has 0 saturated heterocycles. The summed E-state index contributed by atoms with van der Waals surface area (Å²) >= 11 is 0. The van der Waals surface area contributed by atoms with Gasteiger partial charge in [-0.1, -0.05) is 36.2 Å². The van der Waals surface area contributed by atoms with Crippen molar-refractivity contribution in [3.8, 4) is 0 Å². The zero-order chi connectivity index (χ0) is 13.8. The van der Waals surface area contributed by atoms with Crippen LogP contribution in [0.4, 0.5) is 0 Å². The molecule has 0 radical (unpaired) electrons. The van der Waals surface area contributed by atoms with E-state index in [0.29, 0.717) is 19.4 Å². The van der Waals surface area contributed by atoms with Crippen LogP contribution in [0.2, 0.25) is 0 Å². The average molecular weight is 261 g/mol. The molecule has 2 rings (SSSR count). The van der Waals surface area contributed by atoms with Crippen LogP contribution in [0.25, 0.3) is 0 Å². The third kappa shape index (κ3) is 3.34. The Morgan fingerprint density at radius 1 is 1.32 bits per heavy atom. The lowest BCUT2D eigenvalue weighted by atomic mass is 9.95. The van der Waals surface area contributed by atoms with E-state index in [1.165, 1.54) is 0 Å². The molecular weight excluding hydrogens is 242 g/mol. The van der Waals surface area contributed by atoms with Crippen LogP contribution in [-0.4, -0.2) is 17.0 Å². The summed E-state index contributed by atoms with van der Waals surface area (Å²) < 4.78 is 0. The van der Waals surface area contributed by atoms with Gasteiger partial charge >= 0.3 is 5.97 Å². The van der Waals surface area contributed by atoms with E-state index in [1.807, 2.05) is 31.2 Å². The number of nitrogens with one attached hydrogen (secondary N) is 1. The maximum Gasteiger partial charge on any atom is 0.307 e. The molecule has 1 aliphatic carbocycles. The fourth-order valence-corrected chi connectivity index (χ4v) is 2.71. The average Bonchev–Trinajstić information content (AvgIpc) is 2.85. The van der Waals surface area contributed by atoms with Gasteiger partial charge in [-0.25, -0.2) is 0 Å². The number of carbonyl (C=O) groups excluding carboxylic acids is 1. The van der Waals surface area contributed by atoms with Crippen LogP contribution in [0.3, 0.4) is 0 Å². The van der Waals surface area contributed by atoms with Gasteiger partial charge in [-0.3, -0.25) is 9.59 Å². The summed E-state index contributed by atoms with van der Waals surface area (Å²) in [6, 6.07) is 7.93. The number of carbonyl (C=O) groups is 2. The second-order valence-corrected chi connectivity index (χ2v) is 5.19. The van der Waals surface area contributed by atoms with Gasteiger partial charge in [0.25, 0.3) is 0 Å². The van der Waals surface area contributed by atoms with Crippen LogP contribution >= 0.6 is 0 Å². The fraction of sp³-hybridized carbons (Fsp3) is 0.467. The van der Waals surface area contributed by atoms with Crippen LogP contribution in [0.15, 0.2) is 24.3 Å². The Balaban J connectivity index is 1.92. The largest absolute Gasteiger partial charge is 0.481 e. The lowest BCUT2D eigenvalue weighted by Crippen LogP contribution is -2.34. The van der Waals surface area contributed by atoms with Crippen molar-refractivity contribution >= 4 is 11.9 Å². The monoisotopic (exact) mass is 261 g/mol. The summed E-state index contributed by atoms with van der Waals surface area (Å²) in [6.45, 7) is 2.46. The molecule has 1 aliphatic rings. The van der Waals surface area contributed by atoms with Gasteiger partial charge in [-0.05, 0) is 25.3 Å². The van der Waals surface area contributed by atoms with Crippen LogP contribution in [-0.2, 0) is 16.1 Å². The van der Waals surface area contributed by atoms with Crippen LogP contribution in [0.1, 0.15) is 30.4 Å². The van der Waals surface area contributed by atoms with E-state index in [1.54, 1.807) is 0 Å². The summed E-state index contributed by atoms with van der Waals surface area (Å²) in [7, 11) is 0. The van der Waals surface area contributed by atoms with Crippen molar-refractivity contribution in [3.63, 3.8) is 0 Å². The van der Waals surface area contributed by atoms with Crippen LogP contribution in [0.5, 0.6) is 0 Å². The van der Waals surface area contributed by atoms with E-state index in [2.05, 4.69) is 5.32 Å². The maximum atomic E-state index is 12.0. The molecule has 1 saturated carbocycles. The number of carboxylic acid groups (broad SMARTS) is 1. The molecule has 1 amide bonds. The first-order valence-electron chi connectivity index (χ1n) is 6.64. The number of hydrogen-bond donors (Lipinski definition) is 2. The minimum Gasteiger partial charge on any atom is -0.481 e. The van der Waals surface area contributed by atoms with E-state index >= 15 is 0 Å². The van der Waals surface area contributed by atoms with E-state index in [-0.39, 0.29) is 11.8 Å². The minimum absolute atomic E-state index is 0.133. The second kappa shape index (κ2) is 5.87. The summed E-state index contributed by atoms with van der Waals surface area (Å²) in [6.07, 6.45) is 2.11. The molecule has 0 spiro atoms. The molecule has 1 aromatic carbocycles. The van der Waals surface area contributed by atoms with Gasteiger partial charge < -0.3 is 10.4 Å². The molecule has 2 atom stereocenters. The molecule has 0 aromatic heterocycles. The van der Waals surface area contributed by atoms with Gasteiger partial charge in [0.2, 0.25) is 5.91 Å². The number of carboxylic acids is 1. The van der Waals surface area contributed by atoms with Crippen molar-refractivity contribution < 1.29 is 14.7 Å². The smallest absolute Gasteiger partial charge is 0.307 e. The fourth-order valence-electron chi connectivity index (χ4n) is 2.71. The predicted octanol–water partition coefficient (Wildman–Crippen LogP) is 2.11. The van der Waals surface area contributed by atoms with Crippen molar-refractivity contribution in [2.75, 3.05) is 0 Å². The lowest BCUT2D eigenvalue weighted by Gasteiger charge is -2.15. The molecule has 4 nitrogen and oxygen atoms in total. The molecule has 2 N–H and O–H groups in total. The number of aryl methyl sites for hydroxylation is 1. The Morgan fingerprint density at radius 2 is 2.05 bits per heavy atom. The van der Waals surface area contributed by atoms with E-state index in [4.69, 9.17) is 5.11 Å². The first kappa shape index (κ1) is 13.6. The van der Waals surface area contributed by atoms with Gasteiger partial charge in [-0.15, -0.1) is 0 Å². The third-order valence-electron chi connectivity index (χ3n) is 3.72. The number of aliphatic carboxylic acids is 1. The van der Waals surface area contributed by atoms with Gasteiger partial charge in [0.15, 0.2) is 0 Å². The Bertz CT molecular complexity index is 484. The van der Waals surface area contributed by atoms with E-state index in [0.717, 1.165) is 17.5 Å². The van der Waals surface area contributed by atoms with Gasteiger partial charge in [0, 0.05) is 6.54 Å². The molecule has 0 bridgehead atoms. The Hall–Kier alpha value is -1.84. The van der Waals surface area contributed by atoms with Gasteiger partial charge in [0.05, 0.1) is 11.8 Å². The highest BCUT2D eigenvalue weighted by atomic mass is 16.4. The quantitative estimate of drug-likeness (QED) is 0.872. The zero-order valence-corrected chi connectivity index (χ0v) is 11.1. The van der Waals surface area contributed by atoms with Crippen LogP contribution in [0, 0.1) is 18.8 Å². The summed E-state index contributed by atoms with van der Waals surface area (Å²) in [5.41, 5.74) is 2.19. The second-order valence-electron chi connectivity index (χ2n) is 5.19. The summed E-state index contributed by atoms with van der Waals surface area (Å²) in [5, 5.41) is 11.9. The van der Waals surface area contributed by atoms with Crippen molar-refractivity contribution in [1.29, 1.82) is 0 Å². The number of benzene rings is 1. The van der Waals surface area contributed by atoms with Crippen molar-refractivity contribution in [1.82, 2.24) is 5.32 Å². The Kier molecular flexibility index (Phi) is 4.20. The van der Waals surface area contributed by atoms with E-state index < -0.39 is 11.9 Å². The first-order chi connectivity index (χ1) is 9.08. The number of amides is 1. The Morgan fingerprint density at radius 3 is 2.74 bits per heavy atom. The highest BCUT2D eigenvalue weighted by molar-refractivity contribution is 5.85. The topological polar surface area (TPSA) is 66.4 Å². The standard InChI is InChI=1S/C15H19NO3/c1-10-4-2-5-11(8-10)9-16-14(17)12-6-3-7-13(12)15(18)19/h2,4-5,8,12-13H,3,6-7,9H2,1H3,(H,16,17)(H,18,19)/t12-,13+/m1/s1. The Labute approximate surface area is 112 Å². The van der Waals surface area contributed by atoms with Gasteiger partial charge in [-0.2, -0.15) is 0 Å². The predicted molar refractivity (Wildman–Crippen MR) is 71.5 cm³/mol. The third-order valence-corrected chi connectivity index (χ3v) is 3.72. The molecular formula is C15H19NO3. The van der Waals surface area contributed by atoms with Crippen molar-refractivity contribution in [3.05, 3.63) is 35.4 Å². The molecule has 4 heteroatoms. The molecule has 0 unspecified atom stereocenters. The molecule has 19 heavy (non-hydrogen) atoms. The normalized spacial score (nSPS) is 22.2. The highest BCUT2D eigenvalue weighted by Crippen LogP contribution is 2.32. The van der Waals surface area contributed by atoms with E-state index in [9.17, 15) is 9.59 Å². The molecule has 1 fully saturated rings. The first-order valence-corrected chi connectivity index (χ1v) is 6.64.